The van der Waals surface area contributed by atoms with E-state index in [1.807, 2.05) is 49.1 Å². The number of hydrogen-bond acceptors (Lipinski definition) is 3. The highest BCUT2D eigenvalue weighted by Gasteiger charge is 2.47. The second-order valence-corrected chi connectivity index (χ2v) is 10.6. The summed E-state index contributed by atoms with van der Waals surface area (Å²) in [5.74, 6) is 0.360. The van der Waals surface area contributed by atoms with Gasteiger partial charge in [-0.1, -0.05) is 49.6 Å². The zero-order valence-electron chi connectivity index (χ0n) is 19.6. The van der Waals surface area contributed by atoms with Gasteiger partial charge in [0.15, 0.2) is 0 Å². The van der Waals surface area contributed by atoms with Gasteiger partial charge in [-0.3, -0.25) is 9.59 Å². The lowest BCUT2D eigenvalue weighted by Crippen LogP contribution is -2.54. The molecule has 4 unspecified atom stereocenters. The van der Waals surface area contributed by atoms with Crippen molar-refractivity contribution in [1.82, 2.24) is 9.80 Å². The fraction of sp³-hybridized carbons (Fsp3) is 0.500. The molecule has 33 heavy (non-hydrogen) atoms. The summed E-state index contributed by atoms with van der Waals surface area (Å²) in [5, 5.41) is 0.654. The molecule has 0 saturated carbocycles. The van der Waals surface area contributed by atoms with Crippen molar-refractivity contribution < 1.29 is 9.59 Å². The summed E-state index contributed by atoms with van der Waals surface area (Å²) in [5.41, 5.74) is 3.26. The standard InChI is InChI=1S/C26H31BrClN3O2/c1-5-6-7-18-10-13-20-22(29-24(18)27)23(17-8-11-19(28)12-9-17)31(26(20)33)21-14-15(2)25(32)30(4)16(21)3/h8-9,11-12,14,16,18,21,23H,5-7,10,13H2,1-4H3. The van der Waals surface area contributed by atoms with Crippen LogP contribution in [-0.4, -0.2) is 45.4 Å². The molecule has 0 aliphatic carbocycles. The Kier molecular flexibility index (Phi) is 7.15. The van der Waals surface area contributed by atoms with Crippen LogP contribution >= 0.6 is 27.5 Å². The van der Waals surface area contributed by atoms with Gasteiger partial charge < -0.3 is 9.80 Å². The summed E-state index contributed by atoms with van der Waals surface area (Å²) in [6.45, 7) is 6.02. The van der Waals surface area contributed by atoms with Crippen molar-refractivity contribution in [2.75, 3.05) is 7.05 Å². The predicted molar refractivity (Wildman–Crippen MR) is 136 cm³/mol. The van der Waals surface area contributed by atoms with Gasteiger partial charge in [0.05, 0.1) is 22.4 Å². The number of hydrogen-bond donors (Lipinski definition) is 0. The Morgan fingerprint density at radius 3 is 2.55 bits per heavy atom. The molecule has 7 heteroatoms. The van der Waals surface area contributed by atoms with Crippen molar-refractivity contribution in [1.29, 1.82) is 0 Å². The number of amides is 2. The number of likely N-dealkylation sites (N-methyl/N-ethyl adjacent to an activating group) is 1. The van der Waals surface area contributed by atoms with Crippen LogP contribution in [0.3, 0.4) is 0 Å². The smallest absolute Gasteiger partial charge is 0.253 e. The number of carbonyl (C=O) groups is 2. The van der Waals surface area contributed by atoms with Gasteiger partial charge in [-0.2, -0.15) is 0 Å². The molecule has 0 N–H and O–H groups in total. The van der Waals surface area contributed by atoms with E-state index in [0.29, 0.717) is 22.9 Å². The number of halogens is 2. The molecular weight excluding hydrogens is 502 g/mol. The second kappa shape index (κ2) is 9.75. The number of unbranched alkanes of at least 4 members (excludes halogenated alkanes) is 1. The first-order chi connectivity index (χ1) is 15.7. The third kappa shape index (κ3) is 4.44. The molecule has 0 radical (unpaired) electrons. The Morgan fingerprint density at radius 2 is 1.88 bits per heavy atom. The Balaban J connectivity index is 1.81. The topological polar surface area (TPSA) is 53.0 Å². The first kappa shape index (κ1) is 24.2. The Hall–Kier alpha value is -1.92. The molecule has 3 heterocycles. The number of nitrogens with zero attached hydrogens (tertiary/aromatic N) is 3. The Bertz CT molecular complexity index is 1050. The lowest BCUT2D eigenvalue weighted by molar-refractivity contribution is -0.135. The fourth-order valence-corrected chi connectivity index (χ4v) is 5.92. The highest BCUT2D eigenvalue weighted by atomic mass is 79.9. The molecule has 5 nitrogen and oxygen atoms in total. The van der Waals surface area contributed by atoms with E-state index >= 15 is 0 Å². The highest BCUT2D eigenvalue weighted by Crippen LogP contribution is 2.46. The van der Waals surface area contributed by atoms with Gasteiger partial charge in [-0.15, -0.1) is 0 Å². The number of carbonyl (C=O) groups excluding carboxylic acids is 2. The highest BCUT2D eigenvalue weighted by molar-refractivity contribution is 9.18. The summed E-state index contributed by atoms with van der Waals surface area (Å²) in [6, 6.07) is 6.97. The van der Waals surface area contributed by atoms with Crippen LogP contribution in [0.25, 0.3) is 0 Å². The van der Waals surface area contributed by atoms with Gasteiger partial charge in [0, 0.05) is 29.1 Å². The molecule has 176 valence electrons. The molecule has 0 spiro atoms. The maximum Gasteiger partial charge on any atom is 0.253 e. The third-order valence-corrected chi connectivity index (χ3v) is 8.32. The van der Waals surface area contributed by atoms with Crippen molar-refractivity contribution in [3.63, 3.8) is 0 Å². The normalized spacial score (nSPS) is 28.1. The molecule has 2 amide bonds. The largest absolute Gasteiger partial charge is 0.337 e. The van der Waals surface area contributed by atoms with Crippen LogP contribution in [-0.2, 0) is 9.59 Å². The van der Waals surface area contributed by atoms with Crippen molar-refractivity contribution >= 4 is 44.0 Å². The Labute approximate surface area is 209 Å². The minimum atomic E-state index is -0.319. The van der Waals surface area contributed by atoms with E-state index in [4.69, 9.17) is 16.6 Å². The van der Waals surface area contributed by atoms with E-state index in [1.165, 1.54) is 0 Å². The van der Waals surface area contributed by atoms with Gasteiger partial charge in [0.25, 0.3) is 5.91 Å². The summed E-state index contributed by atoms with van der Waals surface area (Å²) in [6.07, 6.45) is 6.91. The van der Waals surface area contributed by atoms with Crippen LogP contribution in [0.4, 0.5) is 0 Å². The van der Waals surface area contributed by atoms with Gasteiger partial charge in [-0.05, 0) is 66.7 Å². The molecule has 0 aromatic heterocycles. The fourth-order valence-electron chi connectivity index (χ4n) is 5.14. The number of benzene rings is 1. The van der Waals surface area contributed by atoms with Crippen LogP contribution in [0.5, 0.6) is 0 Å². The Morgan fingerprint density at radius 1 is 1.18 bits per heavy atom. The summed E-state index contributed by atoms with van der Waals surface area (Å²) >= 11 is 9.94. The average molecular weight is 533 g/mol. The van der Waals surface area contributed by atoms with Gasteiger partial charge in [0.1, 0.15) is 6.04 Å². The van der Waals surface area contributed by atoms with E-state index in [2.05, 4.69) is 22.9 Å². The van der Waals surface area contributed by atoms with Crippen LogP contribution in [0, 0.1) is 5.92 Å². The zero-order valence-corrected chi connectivity index (χ0v) is 22.0. The maximum atomic E-state index is 13.9. The first-order valence-electron chi connectivity index (χ1n) is 11.7. The van der Waals surface area contributed by atoms with Crippen molar-refractivity contribution in [2.45, 2.75) is 71.0 Å². The van der Waals surface area contributed by atoms with Gasteiger partial charge >= 0.3 is 0 Å². The molecule has 0 fully saturated rings. The lowest BCUT2D eigenvalue weighted by Gasteiger charge is -2.42. The van der Waals surface area contributed by atoms with Gasteiger partial charge in [-0.25, -0.2) is 4.99 Å². The van der Waals surface area contributed by atoms with E-state index < -0.39 is 0 Å². The zero-order chi connectivity index (χ0) is 23.9. The monoisotopic (exact) mass is 531 g/mol. The number of aliphatic imine (C=N–C) groups is 1. The predicted octanol–water partition coefficient (Wildman–Crippen LogP) is 6.05. The summed E-state index contributed by atoms with van der Waals surface area (Å²) in [4.78, 5) is 35.2. The third-order valence-electron chi connectivity index (χ3n) is 7.24. The molecule has 1 aromatic rings. The van der Waals surface area contributed by atoms with Crippen molar-refractivity contribution in [3.8, 4) is 0 Å². The van der Waals surface area contributed by atoms with Crippen LogP contribution < -0.4 is 0 Å². The van der Waals surface area contributed by atoms with E-state index in [9.17, 15) is 9.59 Å². The van der Waals surface area contributed by atoms with E-state index in [0.717, 1.165) is 47.1 Å². The quantitative estimate of drug-likeness (QED) is 0.464. The maximum absolute atomic E-state index is 13.9. The average Bonchev–Trinajstić information content (AvgIpc) is 2.95. The first-order valence-corrected chi connectivity index (χ1v) is 12.9. The molecular formula is C26H31BrClN3O2. The van der Waals surface area contributed by atoms with E-state index in [-0.39, 0.29) is 29.9 Å². The van der Waals surface area contributed by atoms with Crippen LogP contribution in [0.15, 0.2) is 52.2 Å². The molecule has 3 aliphatic heterocycles. The molecule has 4 atom stereocenters. The number of rotatable bonds is 5. The van der Waals surface area contributed by atoms with E-state index in [1.54, 1.807) is 11.9 Å². The molecule has 0 saturated heterocycles. The van der Waals surface area contributed by atoms with Gasteiger partial charge in [0.2, 0.25) is 5.91 Å². The molecule has 3 aliphatic rings. The lowest BCUT2D eigenvalue weighted by atomic mass is 9.95. The minimum Gasteiger partial charge on any atom is -0.337 e. The second-order valence-electron chi connectivity index (χ2n) is 9.34. The minimum absolute atomic E-state index is 0.00231. The molecule has 1 aromatic carbocycles. The summed E-state index contributed by atoms with van der Waals surface area (Å²) in [7, 11) is 1.81. The van der Waals surface area contributed by atoms with Crippen molar-refractivity contribution in [3.05, 3.63) is 57.8 Å². The molecule has 0 bridgehead atoms. The van der Waals surface area contributed by atoms with Crippen LogP contribution in [0.1, 0.15) is 64.5 Å². The molecule has 4 rings (SSSR count). The summed E-state index contributed by atoms with van der Waals surface area (Å²) < 4.78 is 0.935. The van der Waals surface area contributed by atoms with Crippen LogP contribution in [0.2, 0.25) is 5.02 Å². The van der Waals surface area contributed by atoms with Crippen molar-refractivity contribution in [2.24, 2.45) is 10.9 Å². The SMILES string of the molecule is CCCCC1CCC2=C(N=C1Br)C(c1ccc(Cl)cc1)N(C1C=C(C)C(=O)N(C)C1C)C2=O.